The van der Waals surface area contributed by atoms with Gasteiger partial charge in [0.25, 0.3) is 0 Å². The Balaban J connectivity index is 2.40. The second-order valence-corrected chi connectivity index (χ2v) is 4.60. The third-order valence-electron chi connectivity index (χ3n) is 3.55. The molecule has 0 fully saturated rings. The molecular formula is C16H15NO2. The third-order valence-corrected chi connectivity index (χ3v) is 3.55. The SMILES string of the molecule is COC(=O)[C@H](C)n1c2ccccc2c2ccccc21. The molecule has 1 aromatic heterocycles. The number of hydrogen-bond donors (Lipinski definition) is 0. The number of ether oxygens (including phenoxy) is 1. The van der Waals surface area contributed by atoms with Crippen molar-refractivity contribution in [2.24, 2.45) is 0 Å². The second kappa shape index (κ2) is 4.43. The average Bonchev–Trinajstić information content (AvgIpc) is 2.80. The zero-order valence-corrected chi connectivity index (χ0v) is 11.0. The number of carbonyl (C=O) groups is 1. The van der Waals surface area contributed by atoms with Gasteiger partial charge in [-0.15, -0.1) is 0 Å². The van der Waals surface area contributed by atoms with Crippen molar-refractivity contribution < 1.29 is 9.53 Å². The van der Waals surface area contributed by atoms with E-state index in [1.165, 1.54) is 7.11 Å². The second-order valence-electron chi connectivity index (χ2n) is 4.60. The number of hydrogen-bond acceptors (Lipinski definition) is 2. The van der Waals surface area contributed by atoms with E-state index in [0.29, 0.717) is 0 Å². The molecule has 0 unspecified atom stereocenters. The van der Waals surface area contributed by atoms with Gasteiger partial charge in [0.2, 0.25) is 0 Å². The van der Waals surface area contributed by atoms with E-state index in [1.807, 2.05) is 47.9 Å². The predicted molar refractivity (Wildman–Crippen MR) is 76.2 cm³/mol. The fraction of sp³-hybridized carbons (Fsp3) is 0.188. The highest BCUT2D eigenvalue weighted by molar-refractivity contribution is 6.08. The first-order valence-corrected chi connectivity index (χ1v) is 6.29. The summed E-state index contributed by atoms with van der Waals surface area (Å²) in [7, 11) is 1.42. The van der Waals surface area contributed by atoms with Crippen molar-refractivity contribution in [1.29, 1.82) is 0 Å². The number of para-hydroxylation sites is 2. The number of esters is 1. The number of aromatic nitrogens is 1. The van der Waals surface area contributed by atoms with Crippen LogP contribution < -0.4 is 0 Å². The van der Waals surface area contributed by atoms with Crippen molar-refractivity contribution in [3.05, 3.63) is 48.5 Å². The smallest absolute Gasteiger partial charge is 0.328 e. The minimum Gasteiger partial charge on any atom is -0.467 e. The molecule has 0 radical (unpaired) electrons. The molecule has 3 nitrogen and oxygen atoms in total. The lowest BCUT2D eigenvalue weighted by Gasteiger charge is -2.14. The van der Waals surface area contributed by atoms with Crippen molar-refractivity contribution in [1.82, 2.24) is 4.57 Å². The summed E-state index contributed by atoms with van der Waals surface area (Å²) in [5, 5.41) is 2.32. The number of fused-ring (bicyclic) bond motifs is 3. The molecule has 0 N–H and O–H groups in total. The normalized spacial score (nSPS) is 12.7. The molecular weight excluding hydrogens is 238 g/mol. The van der Waals surface area contributed by atoms with Crippen LogP contribution in [-0.4, -0.2) is 17.6 Å². The summed E-state index contributed by atoms with van der Waals surface area (Å²) < 4.78 is 6.91. The molecule has 3 rings (SSSR count). The summed E-state index contributed by atoms with van der Waals surface area (Å²) in [5.74, 6) is -0.230. The topological polar surface area (TPSA) is 31.2 Å². The first-order chi connectivity index (χ1) is 9.24. The fourth-order valence-electron chi connectivity index (χ4n) is 2.65. The van der Waals surface area contributed by atoms with Gasteiger partial charge in [0.15, 0.2) is 0 Å². The molecule has 0 saturated carbocycles. The zero-order valence-electron chi connectivity index (χ0n) is 11.0. The molecule has 0 aliphatic carbocycles. The van der Waals surface area contributed by atoms with Gasteiger partial charge in [-0.3, -0.25) is 0 Å². The molecule has 0 bridgehead atoms. The Kier molecular flexibility index (Phi) is 2.75. The molecule has 0 amide bonds. The number of rotatable bonds is 2. The Hall–Kier alpha value is -2.29. The lowest BCUT2D eigenvalue weighted by atomic mass is 10.2. The molecule has 3 heteroatoms. The van der Waals surface area contributed by atoms with Crippen LogP contribution in [-0.2, 0) is 9.53 Å². The van der Waals surface area contributed by atoms with Crippen molar-refractivity contribution in [2.45, 2.75) is 13.0 Å². The van der Waals surface area contributed by atoms with Gasteiger partial charge < -0.3 is 9.30 Å². The highest BCUT2D eigenvalue weighted by Gasteiger charge is 2.20. The first-order valence-electron chi connectivity index (χ1n) is 6.29. The maximum Gasteiger partial charge on any atom is 0.328 e. The molecule has 2 aromatic carbocycles. The van der Waals surface area contributed by atoms with Crippen molar-refractivity contribution in [2.75, 3.05) is 7.11 Å². The Bertz CT molecular complexity index is 704. The third kappa shape index (κ3) is 1.70. The highest BCUT2D eigenvalue weighted by atomic mass is 16.5. The van der Waals surface area contributed by atoms with Crippen LogP contribution in [0.4, 0.5) is 0 Å². The fourth-order valence-corrected chi connectivity index (χ4v) is 2.65. The predicted octanol–water partition coefficient (Wildman–Crippen LogP) is 3.53. The van der Waals surface area contributed by atoms with Crippen LogP contribution in [0.5, 0.6) is 0 Å². The van der Waals surface area contributed by atoms with E-state index < -0.39 is 0 Å². The quantitative estimate of drug-likeness (QED) is 0.654. The van der Waals surface area contributed by atoms with Crippen LogP contribution in [0.15, 0.2) is 48.5 Å². The summed E-state index contributed by atoms with van der Waals surface area (Å²) in [6.45, 7) is 1.87. The Labute approximate surface area is 111 Å². The van der Waals surface area contributed by atoms with Gasteiger partial charge in [-0.2, -0.15) is 0 Å². The minimum absolute atomic E-state index is 0.230. The van der Waals surface area contributed by atoms with E-state index in [-0.39, 0.29) is 12.0 Å². The molecule has 0 spiro atoms. The van der Waals surface area contributed by atoms with E-state index in [4.69, 9.17) is 4.74 Å². The largest absolute Gasteiger partial charge is 0.467 e. The van der Waals surface area contributed by atoms with E-state index >= 15 is 0 Å². The molecule has 0 aliphatic rings. The van der Waals surface area contributed by atoms with Crippen LogP contribution in [0.3, 0.4) is 0 Å². The van der Waals surface area contributed by atoms with E-state index in [9.17, 15) is 4.79 Å². The van der Waals surface area contributed by atoms with E-state index in [2.05, 4.69) is 12.1 Å². The number of carbonyl (C=O) groups excluding carboxylic acids is 1. The molecule has 1 atom stereocenters. The van der Waals surface area contributed by atoms with Crippen molar-refractivity contribution >= 4 is 27.8 Å². The summed E-state index contributed by atoms with van der Waals surface area (Å²) in [4.78, 5) is 11.9. The molecule has 19 heavy (non-hydrogen) atoms. The Morgan fingerprint density at radius 2 is 1.47 bits per heavy atom. The van der Waals surface area contributed by atoms with Gasteiger partial charge in [-0.05, 0) is 19.1 Å². The van der Waals surface area contributed by atoms with Crippen LogP contribution in [0.25, 0.3) is 21.8 Å². The van der Waals surface area contributed by atoms with Gasteiger partial charge in [0.05, 0.1) is 7.11 Å². The van der Waals surface area contributed by atoms with Gasteiger partial charge in [0.1, 0.15) is 6.04 Å². The summed E-state index contributed by atoms with van der Waals surface area (Å²) in [6, 6.07) is 15.9. The number of methoxy groups -OCH3 is 1. The summed E-state index contributed by atoms with van der Waals surface area (Å²) in [5.41, 5.74) is 2.11. The lowest BCUT2D eigenvalue weighted by molar-refractivity contribution is -0.143. The molecule has 1 heterocycles. The Morgan fingerprint density at radius 1 is 1.00 bits per heavy atom. The van der Waals surface area contributed by atoms with Crippen molar-refractivity contribution in [3.8, 4) is 0 Å². The lowest BCUT2D eigenvalue weighted by Crippen LogP contribution is -2.17. The maximum absolute atomic E-state index is 11.9. The van der Waals surface area contributed by atoms with E-state index in [0.717, 1.165) is 21.8 Å². The number of nitrogens with zero attached hydrogens (tertiary/aromatic N) is 1. The minimum atomic E-state index is -0.338. The standard InChI is InChI=1S/C16H15NO2/c1-11(16(18)19-2)17-14-9-5-3-7-12(14)13-8-4-6-10-15(13)17/h3-11H,1-2H3/t11-/m0/s1. The zero-order chi connectivity index (χ0) is 13.4. The highest BCUT2D eigenvalue weighted by Crippen LogP contribution is 2.31. The average molecular weight is 253 g/mol. The van der Waals surface area contributed by atoms with Gasteiger partial charge in [-0.25, -0.2) is 4.79 Å². The summed E-state index contributed by atoms with van der Waals surface area (Å²) in [6.07, 6.45) is 0. The van der Waals surface area contributed by atoms with Gasteiger partial charge >= 0.3 is 5.97 Å². The van der Waals surface area contributed by atoms with Crippen LogP contribution in [0.2, 0.25) is 0 Å². The van der Waals surface area contributed by atoms with Crippen LogP contribution in [0.1, 0.15) is 13.0 Å². The van der Waals surface area contributed by atoms with Gasteiger partial charge in [0, 0.05) is 21.8 Å². The first kappa shape index (κ1) is 11.8. The molecule has 96 valence electrons. The van der Waals surface area contributed by atoms with Gasteiger partial charge in [-0.1, -0.05) is 36.4 Å². The Morgan fingerprint density at radius 3 is 1.95 bits per heavy atom. The van der Waals surface area contributed by atoms with Crippen LogP contribution >= 0.6 is 0 Å². The van der Waals surface area contributed by atoms with Crippen LogP contribution in [0, 0.1) is 0 Å². The maximum atomic E-state index is 11.9. The summed E-state index contributed by atoms with van der Waals surface area (Å²) >= 11 is 0. The molecule has 0 saturated heterocycles. The monoisotopic (exact) mass is 253 g/mol. The number of benzene rings is 2. The molecule has 0 aliphatic heterocycles. The van der Waals surface area contributed by atoms with Crippen molar-refractivity contribution in [3.63, 3.8) is 0 Å². The molecule has 3 aromatic rings. The van der Waals surface area contributed by atoms with E-state index in [1.54, 1.807) is 0 Å².